The van der Waals surface area contributed by atoms with Crippen LogP contribution in [0.1, 0.15) is 18.4 Å². The van der Waals surface area contributed by atoms with E-state index < -0.39 is 0 Å². The van der Waals surface area contributed by atoms with E-state index in [-0.39, 0.29) is 11.5 Å². The Bertz CT molecular complexity index is 274. The summed E-state index contributed by atoms with van der Waals surface area (Å²) in [5, 5.41) is 18.4. The van der Waals surface area contributed by atoms with E-state index in [0.717, 1.165) is 24.8 Å². The van der Waals surface area contributed by atoms with Crippen molar-refractivity contribution in [2.24, 2.45) is 5.73 Å². The molecule has 4 N–H and O–H groups in total. The van der Waals surface area contributed by atoms with Gasteiger partial charge in [-0.2, -0.15) is 0 Å². The number of rotatable bonds is 4. The van der Waals surface area contributed by atoms with E-state index >= 15 is 0 Å². The fraction of sp³-hybridized carbons (Fsp3) is 0.400. The molecule has 0 saturated heterocycles. The van der Waals surface area contributed by atoms with Crippen LogP contribution in [-0.2, 0) is 6.42 Å². The SMILES string of the molecule is NCCCCc1ccc(O)cc1O. The summed E-state index contributed by atoms with van der Waals surface area (Å²) in [6.07, 6.45) is 2.73. The fourth-order valence-corrected chi connectivity index (χ4v) is 1.22. The molecule has 0 heterocycles. The Hall–Kier alpha value is -1.22. The average Bonchev–Trinajstić information content (AvgIpc) is 2.09. The van der Waals surface area contributed by atoms with Crippen LogP contribution >= 0.6 is 0 Å². The van der Waals surface area contributed by atoms with Gasteiger partial charge in [-0.05, 0) is 37.4 Å². The van der Waals surface area contributed by atoms with Gasteiger partial charge in [0.2, 0.25) is 0 Å². The molecule has 0 spiro atoms. The van der Waals surface area contributed by atoms with Gasteiger partial charge in [0.1, 0.15) is 11.5 Å². The highest BCUT2D eigenvalue weighted by molar-refractivity contribution is 5.38. The molecular weight excluding hydrogens is 166 g/mol. The van der Waals surface area contributed by atoms with Gasteiger partial charge in [-0.3, -0.25) is 0 Å². The van der Waals surface area contributed by atoms with Crippen LogP contribution in [-0.4, -0.2) is 16.8 Å². The first-order chi connectivity index (χ1) is 6.24. The van der Waals surface area contributed by atoms with Crippen molar-refractivity contribution in [1.29, 1.82) is 0 Å². The molecule has 0 amide bonds. The first-order valence-corrected chi connectivity index (χ1v) is 4.45. The lowest BCUT2D eigenvalue weighted by Crippen LogP contribution is -1.99. The highest BCUT2D eigenvalue weighted by Gasteiger charge is 2.01. The lowest BCUT2D eigenvalue weighted by Gasteiger charge is -2.03. The van der Waals surface area contributed by atoms with Gasteiger partial charge in [0.25, 0.3) is 0 Å². The predicted octanol–water partition coefficient (Wildman–Crippen LogP) is 1.38. The number of unbranched alkanes of at least 4 members (excludes halogenated alkanes) is 1. The van der Waals surface area contributed by atoms with Gasteiger partial charge in [-0.1, -0.05) is 6.07 Å². The molecule has 3 heteroatoms. The van der Waals surface area contributed by atoms with Crippen LogP contribution in [0.25, 0.3) is 0 Å². The molecule has 72 valence electrons. The van der Waals surface area contributed by atoms with Gasteiger partial charge in [-0.15, -0.1) is 0 Å². The lowest BCUT2D eigenvalue weighted by atomic mass is 10.1. The van der Waals surface area contributed by atoms with E-state index in [9.17, 15) is 5.11 Å². The van der Waals surface area contributed by atoms with Crippen molar-refractivity contribution in [3.63, 3.8) is 0 Å². The number of benzene rings is 1. The zero-order valence-corrected chi connectivity index (χ0v) is 7.53. The maximum absolute atomic E-state index is 9.40. The number of aromatic hydroxyl groups is 2. The van der Waals surface area contributed by atoms with Crippen molar-refractivity contribution < 1.29 is 10.2 Å². The van der Waals surface area contributed by atoms with Gasteiger partial charge < -0.3 is 15.9 Å². The Morgan fingerprint density at radius 1 is 1.15 bits per heavy atom. The van der Waals surface area contributed by atoms with Crippen molar-refractivity contribution in [2.45, 2.75) is 19.3 Å². The Morgan fingerprint density at radius 3 is 2.54 bits per heavy atom. The van der Waals surface area contributed by atoms with Gasteiger partial charge >= 0.3 is 0 Å². The van der Waals surface area contributed by atoms with Gasteiger partial charge in [0.05, 0.1) is 0 Å². The van der Waals surface area contributed by atoms with Gasteiger partial charge in [0, 0.05) is 6.07 Å². The van der Waals surface area contributed by atoms with Gasteiger partial charge in [0.15, 0.2) is 0 Å². The molecule has 0 unspecified atom stereocenters. The molecule has 1 aromatic carbocycles. The van der Waals surface area contributed by atoms with Crippen LogP contribution in [0.3, 0.4) is 0 Å². The summed E-state index contributed by atoms with van der Waals surface area (Å²) < 4.78 is 0. The quantitative estimate of drug-likeness (QED) is 0.615. The lowest BCUT2D eigenvalue weighted by molar-refractivity contribution is 0.445. The molecule has 0 saturated carbocycles. The van der Waals surface area contributed by atoms with E-state index in [0.29, 0.717) is 6.54 Å². The summed E-state index contributed by atoms with van der Waals surface area (Å²) in [7, 11) is 0. The summed E-state index contributed by atoms with van der Waals surface area (Å²) in [5.74, 6) is 0.261. The van der Waals surface area contributed by atoms with Gasteiger partial charge in [-0.25, -0.2) is 0 Å². The van der Waals surface area contributed by atoms with Crippen LogP contribution < -0.4 is 5.73 Å². The van der Waals surface area contributed by atoms with Crippen LogP contribution in [0.2, 0.25) is 0 Å². The normalized spacial score (nSPS) is 10.2. The van der Waals surface area contributed by atoms with E-state index in [1.807, 2.05) is 0 Å². The Kier molecular flexibility index (Phi) is 3.58. The summed E-state index contributed by atoms with van der Waals surface area (Å²) in [6.45, 7) is 0.679. The molecule has 0 radical (unpaired) electrons. The van der Waals surface area contributed by atoms with Crippen molar-refractivity contribution in [3.05, 3.63) is 23.8 Å². The predicted molar refractivity (Wildman–Crippen MR) is 51.8 cm³/mol. The number of hydrogen-bond donors (Lipinski definition) is 3. The van der Waals surface area contributed by atoms with E-state index in [1.54, 1.807) is 12.1 Å². The monoisotopic (exact) mass is 181 g/mol. The van der Waals surface area contributed by atoms with E-state index in [1.165, 1.54) is 6.07 Å². The molecule has 1 aromatic rings. The number of phenols is 2. The maximum Gasteiger partial charge on any atom is 0.122 e. The van der Waals surface area contributed by atoms with E-state index in [2.05, 4.69) is 0 Å². The smallest absolute Gasteiger partial charge is 0.122 e. The molecule has 0 fully saturated rings. The molecule has 13 heavy (non-hydrogen) atoms. The second-order valence-corrected chi connectivity index (χ2v) is 3.06. The molecule has 1 rings (SSSR count). The molecular formula is C10H15NO2. The zero-order valence-electron chi connectivity index (χ0n) is 7.53. The largest absolute Gasteiger partial charge is 0.508 e. The molecule has 0 aliphatic heterocycles. The van der Waals surface area contributed by atoms with Crippen molar-refractivity contribution in [3.8, 4) is 11.5 Å². The second-order valence-electron chi connectivity index (χ2n) is 3.06. The van der Waals surface area contributed by atoms with Crippen LogP contribution in [0.4, 0.5) is 0 Å². The van der Waals surface area contributed by atoms with Crippen LogP contribution in [0.15, 0.2) is 18.2 Å². The van der Waals surface area contributed by atoms with Crippen LogP contribution in [0, 0.1) is 0 Å². The molecule has 3 nitrogen and oxygen atoms in total. The number of nitrogens with two attached hydrogens (primary N) is 1. The third kappa shape index (κ3) is 2.95. The second kappa shape index (κ2) is 4.72. The van der Waals surface area contributed by atoms with Crippen molar-refractivity contribution >= 4 is 0 Å². The molecule has 0 aliphatic rings. The highest BCUT2D eigenvalue weighted by Crippen LogP contribution is 2.23. The van der Waals surface area contributed by atoms with Crippen molar-refractivity contribution in [2.75, 3.05) is 6.54 Å². The number of hydrogen-bond acceptors (Lipinski definition) is 3. The summed E-state index contributed by atoms with van der Waals surface area (Å²) in [4.78, 5) is 0. The first kappa shape index (κ1) is 9.86. The van der Waals surface area contributed by atoms with Crippen LogP contribution in [0.5, 0.6) is 11.5 Å². The average molecular weight is 181 g/mol. The minimum Gasteiger partial charge on any atom is -0.508 e. The third-order valence-corrected chi connectivity index (χ3v) is 1.97. The maximum atomic E-state index is 9.40. The Labute approximate surface area is 77.8 Å². The summed E-state index contributed by atoms with van der Waals surface area (Å²) in [5.41, 5.74) is 6.22. The Morgan fingerprint density at radius 2 is 1.92 bits per heavy atom. The Balaban J connectivity index is 2.56. The zero-order chi connectivity index (χ0) is 9.68. The molecule has 0 bridgehead atoms. The standard InChI is InChI=1S/C10H15NO2/c11-6-2-1-3-8-4-5-9(12)7-10(8)13/h4-5,7,12-13H,1-3,6,11H2. The van der Waals surface area contributed by atoms with Crippen molar-refractivity contribution in [1.82, 2.24) is 0 Å². The van der Waals surface area contributed by atoms with E-state index in [4.69, 9.17) is 10.8 Å². The third-order valence-electron chi connectivity index (χ3n) is 1.97. The molecule has 0 aromatic heterocycles. The minimum atomic E-state index is 0.0973. The molecule has 0 aliphatic carbocycles. The highest BCUT2D eigenvalue weighted by atomic mass is 16.3. The number of aryl methyl sites for hydroxylation is 1. The molecule has 0 atom stereocenters. The summed E-state index contributed by atoms with van der Waals surface area (Å²) >= 11 is 0. The fourth-order valence-electron chi connectivity index (χ4n) is 1.22. The minimum absolute atomic E-state index is 0.0973. The topological polar surface area (TPSA) is 66.5 Å². The summed E-state index contributed by atoms with van der Waals surface area (Å²) in [6, 6.07) is 4.68. The first-order valence-electron chi connectivity index (χ1n) is 4.45. The number of phenolic OH excluding ortho intramolecular Hbond substituents is 2.